The fourth-order valence-electron chi connectivity index (χ4n) is 16.9. The Kier molecular flexibility index (Phi) is 33.0. The average Bonchev–Trinajstić information content (AvgIpc) is 1.62. The lowest BCUT2D eigenvalue weighted by atomic mass is 9.94. The predicted octanol–water partition coefficient (Wildman–Crippen LogP) is 9.25. The Labute approximate surface area is 770 Å². The standard InChI is InChI=1S/C25H27FN2O6.C25H29N3O6S.C25H28N2O5.C23H26N2O7/c1-32-18-7-8-19(20(15-18)33-2)22-21(23(29)16-3-5-17(26)6-4-16)24(30)25(31)28(22)10-9-27-11-13-34-14-12-27;1-26(2)35(32,33)20-10-8-19(9-11-20)23(29)21-22(18-6-4-3-5-7-18)28(25(31)24(21)30)13-12-27-14-16-34-17-15-27;1-17-3-5-19(6-4-17)23(28)21-22(18-7-9-20(31-2)10-8-18)27(25(30)24(21)29)12-11-26-13-15-32-16-14-26;1-29-16-6-5-15(14-18(16)30-2)20-19(21(26)17-4-3-11-32-17)22(27)23(28)25(20)8-7-24-9-12-31-13-10-24/h3-8,15,22,29H,9-14H2,1-2H3;3-11,22,29H,12-17H2,1-2H3;3-10,22,28H,11-16H2,1-2H3;3-6,11,14,20,27H,7-10,12-13H2,1-2H3. The minimum absolute atomic E-state index is 0.00797. The van der Waals surface area contributed by atoms with Gasteiger partial charge in [-0.05, 0) is 121 Å². The summed E-state index contributed by atoms with van der Waals surface area (Å²) in [5.41, 5.74) is 4.70. The minimum atomic E-state index is -3.65. The lowest BCUT2D eigenvalue weighted by Crippen LogP contribution is -2.43. The highest BCUT2D eigenvalue weighted by molar-refractivity contribution is 7.89. The van der Waals surface area contributed by atoms with Gasteiger partial charge in [-0.15, -0.1) is 0 Å². The molecule has 133 heavy (non-hydrogen) atoms. The fourth-order valence-corrected chi connectivity index (χ4v) is 17.8. The van der Waals surface area contributed by atoms with E-state index in [2.05, 4.69) is 19.6 Å². The molecule has 7 fully saturated rings. The molecular weight excluding hydrogens is 1740 g/mol. The van der Waals surface area contributed by atoms with Gasteiger partial charge in [-0.3, -0.25) is 58.0 Å². The van der Waals surface area contributed by atoms with Crippen LogP contribution in [0, 0.1) is 12.7 Å². The van der Waals surface area contributed by atoms with Gasteiger partial charge in [-0.1, -0.05) is 78.4 Å². The zero-order valence-electron chi connectivity index (χ0n) is 75.4. The summed E-state index contributed by atoms with van der Waals surface area (Å²) in [7, 11) is 6.86. The number of morpholine rings is 4. The molecule has 4 unspecified atom stereocenters. The molecule has 4 N–H and O–H groups in total. The Bertz CT molecular complexity index is 5740. The van der Waals surface area contributed by atoms with E-state index >= 15 is 0 Å². The van der Waals surface area contributed by atoms with Gasteiger partial charge in [0, 0.05) is 147 Å². The van der Waals surface area contributed by atoms with Crippen LogP contribution in [0.3, 0.4) is 0 Å². The van der Waals surface area contributed by atoms with Crippen LogP contribution in [0.4, 0.5) is 4.39 Å². The van der Waals surface area contributed by atoms with Gasteiger partial charge in [-0.25, -0.2) is 17.1 Å². The third-order valence-corrected chi connectivity index (χ3v) is 26.1. The fraction of sp³-hybridized carbons (Fsp3) is 0.367. The van der Waals surface area contributed by atoms with Gasteiger partial charge in [0.05, 0.1) is 146 Å². The second kappa shape index (κ2) is 45.0. The number of furan rings is 1. The molecule has 7 aromatic carbocycles. The number of carbonyl (C=O) groups is 8. The molecule has 1 aromatic heterocycles. The third kappa shape index (κ3) is 22.4. The van der Waals surface area contributed by atoms with Crippen molar-refractivity contribution < 1.29 is 119 Å². The molecule has 0 aliphatic carbocycles. The van der Waals surface area contributed by atoms with Gasteiger partial charge >= 0.3 is 0 Å². The molecule has 9 heterocycles. The van der Waals surface area contributed by atoms with Crippen LogP contribution in [-0.2, 0) is 62.5 Å². The normalized spacial score (nSPS) is 20.6. The van der Waals surface area contributed by atoms with E-state index in [1.165, 1.54) is 118 Å². The molecule has 0 saturated carbocycles. The Hall–Kier alpha value is -12.9. The molecule has 4 amide bonds. The molecule has 7 saturated heterocycles. The number of aliphatic hydroxyl groups is 4. The van der Waals surface area contributed by atoms with E-state index in [0.717, 1.165) is 67.8 Å². The second-order valence-corrected chi connectivity index (χ2v) is 34.5. The summed E-state index contributed by atoms with van der Waals surface area (Å²) < 4.78 is 92.9. The number of methoxy groups -OCH3 is 5. The second-order valence-electron chi connectivity index (χ2n) is 32.4. The molecule has 0 bridgehead atoms. The van der Waals surface area contributed by atoms with Gasteiger partial charge in [0.2, 0.25) is 15.8 Å². The van der Waals surface area contributed by atoms with Crippen LogP contribution in [0.2, 0.25) is 0 Å². The number of sulfonamides is 1. The third-order valence-electron chi connectivity index (χ3n) is 24.3. The molecule has 35 heteroatoms. The molecule has 16 rings (SSSR count). The summed E-state index contributed by atoms with van der Waals surface area (Å²) in [5, 5.41) is 44.1. The van der Waals surface area contributed by atoms with Crippen molar-refractivity contribution in [2.45, 2.75) is 36.0 Å². The highest BCUT2D eigenvalue weighted by atomic mass is 32.2. The van der Waals surface area contributed by atoms with Crippen molar-refractivity contribution in [2.24, 2.45) is 0 Å². The average molecular weight is 1850 g/mol. The van der Waals surface area contributed by atoms with E-state index in [-0.39, 0.29) is 67.9 Å². The topological polar surface area (TPSA) is 377 Å². The van der Waals surface area contributed by atoms with Gasteiger partial charge in [0.1, 0.15) is 40.3 Å². The van der Waals surface area contributed by atoms with Crippen LogP contribution in [0.25, 0.3) is 17.3 Å². The minimum Gasteiger partial charge on any atom is -0.507 e. The van der Waals surface area contributed by atoms with E-state index in [9.17, 15) is 71.6 Å². The number of carbonyl (C=O) groups excluding carboxylic acids is 8. The number of amides is 4. The lowest BCUT2D eigenvalue weighted by Gasteiger charge is -2.31. The molecule has 8 aliphatic rings. The van der Waals surface area contributed by atoms with Gasteiger partial charge in [0.15, 0.2) is 23.0 Å². The number of ether oxygens (including phenoxy) is 9. The molecule has 8 aliphatic heterocycles. The maximum atomic E-state index is 13.4. The number of benzene rings is 7. The summed E-state index contributed by atoms with van der Waals surface area (Å²) in [6.07, 6.45) is 1.38. The van der Waals surface area contributed by atoms with Crippen molar-refractivity contribution in [3.63, 3.8) is 0 Å². The van der Waals surface area contributed by atoms with Crippen molar-refractivity contribution >= 4 is 74.1 Å². The zero-order valence-corrected chi connectivity index (χ0v) is 76.2. The van der Waals surface area contributed by atoms with Crippen molar-refractivity contribution in [3.8, 4) is 28.7 Å². The molecular formula is C98H110FN9O24S. The lowest BCUT2D eigenvalue weighted by molar-refractivity contribution is -0.140. The van der Waals surface area contributed by atoms with Gasteiger partial charge in [-0.2, -0.15) is 0 Å². The number of hydrogen-bond acceptors (Lipinski definition) is 28. The molecule has 0 radical (unpaired) electrons. The Morgan fingerprint density at radius 3 is 1.22 bits per heavy atom. The van der Waals surface area contributed by atoms with Crippen LogP contribution >= 0.6 is 0 Å². The number of halogens is 1. The monoisotopic (exact) mass is 1850 g/mol. The number of hydrogen-bond donors (Lipinski definition) is 4. The SMILES string of the molecule is CN(C)S(=O)(=O)c1ccc(C(O)=C2C(=O)C(=O)N(CCN3CCOCC3)C2c2ccccc2)cc1.COc1ccc(C2C(=C(O)c3ccc(C)cc3)C(=O)C(=O)N2CCN2CCOCC2)cc1.COc1ccc(C2C(=C(O)c3ccc(F)cc3)C(=O)C(=O)N2CCN2CCOCC2)c(OC)c1.COc1ccc(C2C(C(=O)c3ccco3)=C(O)C(=O)N2CCN2CCOCC2)cc1OC. The van der Waals surface area contributed by atoms with Crippen molar-refractivity contribution in [1.29, 1.82) is 0 Å². The van der Waals surface area contributed by atoms with Crippen molar-refractivity contribution in [2.75, 3.05) is 207 Å². The smallest absolute Gasteiger partial charge is 0.295 e. The molecule has 8 aromatic rings. The van der Waals surface area contributed by atoms with Gasteiger partial charge in [0.25, 0.3) is 41.0 Å². The van der Waals surface area contributed by atoms with Crippen LogP contribution < -0.4 is 23.7 Å². The van der Waals surface area contributed by atoms with Crippen LogP contribution in [-0.4, -0.2) is 326 Å². The number of rotatable bonds is 28. The summed E-state index contributed by atoms with van der Waals surface area (Å²) >= 11 is 0. The van der Waals surface area contributed by atoms with E-state index in [0.29, 0.717) is 150 Å². The number of ketones is 4. The van der Waals surface area contributed by atoms with Crippen LogP contribution in [0.15, 0.2) is 220 Å². The predicted molar refractivity (Wildman–Crippen MR) is 487 cm³/mol. The summed E-state index contributed by atoms with van der Waals surface area (Å²) in [4.78, 5) is 120. The molecule has 704 valence electrons. The highest BCUT2D eigenvalue weighted by Crippen LogP contribution is 2.47. The number of likely N-dealkylation sites (tertiary alicyclic amines) is 3. The summed E-state index contributed by atoms with van der Waals surface area (Å²) in [6, 6.07) is 44.6. The number of nitrogens with zero attached hydrogens (tertiary/aromatic N) is 9. The van der Waals surface area contributed by atoms with Crippen molar-refractivity contribution in [3.05, 3.63) is 266 Å². The van der Waals surface area contributed by atoms with Crippen molar-refractivity contribution in [1.82, 2.24) is 43.5 Å². The Morgan fingerprint density at radius 2 is 0.805 bits per heavy atom. The van der Waals surface area contributed by atoms with E-state index in [4.69, 9.17) is 47.0 Å². The molecule has 33 nitrogen and oxygen atoms in total. The first-order valence-corrected chi connectivity index (χ1v) is 45.0. The number of aryl methyl sites for hydroxylation is 1. The highest BCUT2D eigenvalue weighted by Gasteiger charge is 2.51. The molecule has 0 spiro atoms. The number of Topliss-reactive ketones (excluding diaryl/α,β-unsaturated/α-hetero) is 4. The van der Waals surface area contributed by atoms with E-state index < -0.39 is 92.5 Å². The largest absolute Gasteiger partial charge is 0.507 e. The maximum absolute atomic E-state index is 13.4. The summed E-state index contributed by atoms with van der Waals surface area (Å²) in [5.74, 6) is -4.53. The summed E-state index contributed by atoms with van der Waals surface area (Å²) in [6.45, 7) is 16.7. The van der Waals surface area contributed by atoms with E-state index in [1.54, 1.807) is 78.7 Å². The van der Waals surface area contributed by atoms with Crippen LogP contribution in [0.1, 0.15) is 79.2 Å². The first-order valence-electron chi connectivity index (χ1n) is 43.6. The quantitative estimate of drug-likeness (QED) is 0.0153. The van der Waals surface area contributed by atoms with Gasteiger partial charge < -0.3 is 87.1 Å². The first-order chi connectivity index (χ1) is 64.2. The van der Waals surface area contributed by atoms with Crippen LogP contribution in [0.5, 0.6) is 28.7 Å². The zero-order chi connectivity index (χ0) is 94.7. The number of aliphatic hydroxyl groups excluding tert-OH is 4. The molecule has 4 atom stereocenters. The first kappa shape index (κ1) is 97.6. The Morgan fingerprint density at radius 1 is 0.414 bits per heavy atom. The van der Waals surface area contributed by atoms with E-state index in [1.807, 2.05) is 61.5 Å². The Balaban J connectivity index is 0.000000151. The maximum Gasteiger partial charge on any atom is 0.295 e.